The molecule has 1 unspecified atom stereocenters. The van der Waals surface area contributed by atoms with Gasteiger partial charge in [-0.3, -0.25) is 4.90 Å². The van der Waals surface area contributed by atoms with Gasteiger partial charge in [-0.1, -0.05) is 0 Å². The molecule has 0 radical (unpaired) electrons. The van der Waals surface area contributed by atoms with Crippen LogP contribution in [0.3, 0.4) is 0 Å². The van der Waals surface area contributed by atoms with Gasteiger partial charge in [0.1, 0.15) is 0 Å². The Hall–Kier alpha value is -0.160. The summed E-state index contributed by atoms with van der Waals surface area (Å²) in [5.74, 6) is 0. The molecule has 4 nitrogen and oxygen atoms in total. The van der Waals surface area contributed by atoms with E-state index in [9.17, 15) is 0 Å². The fourth-order valence-electron chi connectivity index (χ4n) is 2.22. The maximum atomic E-state index is 5.52. The van der Waals surface area contributed by atoms with Crippen LogP contribution in [-0.4, -0.2) is 56.1 Å². The Morgan fingerprint density at radius 3 is 2.35 bits per heavy atom. The fraction of sp³-hybridized carbons (Fsp3) is 1.00. The number of ether oxygens (including phenoxy) is 2. The second-order valence-electron chi connectivity index (χ2n) is 4.82. The summed E-state index contributed by atoms with van der Waals surface area (Å²) >= 11 is 0. The van der Waals surface area contributed by atoms with Gasteiger partial charge in [-0.2, -0.15) is 0 Å². The van der Waals surface area contributed by atoms with Crippen LogP contribution < -0.4 is 5.32 Å². The van der Waals surface area contributed by atoms with Gasteiger partial charge in [0.25, 0.3) is 0 Å². The van der Waals surface area contributed by atoms with Gasteiger partial charge >= 0.3 is 0 Å². The fourth-order valence-corrected chi connectivity index (χ4v) is 2.22. The highest BCUT2D eigenvalue weighted by atomic mass is 16.7. The van der Waals surface area contributed by atoms with Crippen molar-refractivity contribution >= 4 is 0 Å². The molecule has 0 aromatic rings. The summed E-state index contributed by atoms with van der Waals surface area (Å²) in [5.41, 5.74) is 0. The molecular formula is C13H28N2O2. The third-order valence-corrected chi connectivity index (χ3v) is 3.23. The van der Waals surface area contributed by atoms with E-state index in [1.54, 1.807) is 0 Å². The predicted octanol–water partition coefficient (Wildman–Crippen LogP) is 1.46. The Bertz CT molecular complexity index is 194. The molecule has 0 amide bonds. The predicted molar refractivity (Wildman–Crippen MR) is 70.2 cm³/mol. The van der Waals surface area contributed by atoms with E-state index in [4.69, 9.17) is 9.47 Å². The average molecular weight is 244 g/mol. The van der Waals surface area contributed by atoms with Crippen LogP contribution >= 0.6 is 0 Å². The zero-order valence-electron chi connectivity index (χ0n) is 11.7. The van der Waals surface area contributed by atoms with E-state index in [1.807, 2.05) is 13.8 Å². The lowest BCUT2D eigenvalue weighted by Gasteiger charge is -2.22. The Labute approximate surface area is 106 Å². The van der Waals surface area contributed by atoms with Crippen molar-refractivity contribution in [1.82, 2.24) is 10.2 Å². The first-order chi connectivity index (χ1) is 8.17. The van der Waals surface area contributed by atoms with Gasteiger partial charge in [-0.15, -0.1) is 0 Å². The van der Waals surface area contributed by atoms with Crippen molar-refractivity contribution < 1.29 is 9.47 Å². The van der Waals surface area contributed by atoms with Crippen LogP contribution in [0.5, 0.6) is 0 Å². The summed E-state index contributed by atoms with van der Waals surface area (Å²) < 4.78 is 11.0. The van der Waals surface area contributed by atoms with Crippen LogP contribution in [0.15, 0.2) is 0 Å². The van der Waals surface area contributed by atoms with E-state index < -0.39 is 0 Å². The van der Waals surface area contributed by atoms with Crippen molar-refractivity contribution in [2.75, 3.05) is 32.8 Å². The van der Waals surface area contributed by atoms with Crippen LogP contribution in [0.1, 0.15) is 34.1 Å². The third kappa shape index (κ3) is 5.34. The molecule has 1 heterocycles. The van der Waals surface area contributed by atoms with Crippen LogP contribution in [-0.2, 0) is 9.47 Å². The number of nitrogens with one attached hydrogen (secondary N) is 1. The maximum absolute atomic E-state index is 5.52. The second kappa shape index (κ2) is 8.03. The zero-order chi connectivity index (χ0) is 12.7. The van der Waals surface area contributed by atoms with Crippen molar-refractivity contribution in [2.45, 2.75) is 52.5 Å². The Morgan fingerprint density at radius 1 is 1.24 bits per heavy atom. The van der Waals surface area contributed by atoms with Gasteiger partial charge in [0.05, 0.1) is 0 Å². The molecule has 1 atom stereocenters. The molecular weight excluding hydrogens is 216 g/mol. The maximum Gasteiger partial charge on any atom is 0.169 e. The first kappa shape index (κ1) is 14.9. The number of hydrogen-bond acceptors (Lipinski definition) is 4. The molecule has 0 saturated carbocycles. The third-order valence-electron chi connectivity index (χ3n) is 3.23. The zero-order valence-corrected chi connectivity index (χ0v) is 11.7. The molecule has 1 aliphatic heterocycles. The molecule has 17 heavy (non-hydrogen) atoms. The van der Waals surface area contributed by atoms with Gasteiger partial charge in [0, 0.05) is 38.4 Å². The monoisotopic (exact) mass is 244 g/mol. The molecule has 1 saturated heterocycles. The molecule has 1 rings (SSSR count). The smallest absolute Gasteiger partial charge is 0.169 e. The Morgan fingerprint density at radius 2 is 1.88 bits per heavy atom. The normalized spacial score (nSPS) is 21.9. The van der Waals surface area contributed by atoms with Crippen molar-refractivity contribution in [3.63, 3.8) is 0 Å². The van der Waals surface area contributed by atoms with Gasteiger partial charge < -0.3 is 14.8 Å². The molecule has 0 bridgehead atoms. The highest BCUT2D eigenvalue weighted by molar-refractivity contribution is 4.82. The number of hydrogen-bond donors (Lipinski definition) is 1. The minimum atomic E-state index is -0.0990. The lowest BCUT2D eigenvalue weighted by molar-refractivity contribution is -0.133. The molecule has 0 aromatic heterocycles. The summed E-state index contributed by atoms with van der Waals surface area (Å²) in [7, 11) is 0. The highest BCUT2D eigenvalue weighted by Crippen LogP contribution is 2.12. The number of likely N-dealkylation sites (tertiary alicyclic amines) is 1. The van der Waals surface area contributed by atoms with Crippen molar-refractivity contribution in [3.8, 4) is 0 Å². The standard InChI is InChI=1S/C13H28N2O2/c1-5-16-13(17-6-2)9-14-12-7-8-15(10-12)11(3)4/h11-14H,5-10H2,1-4H3. The molecule has 4 heteroatoms. The number of nitrogens with zero attached hydrogens (tertiary/aromatic N) is 1. The van der Waals surface area contributed by atoms with Gasteiger partial charge in [-0.05, 0) is 40.7 Å². The Kier molecular flexibility index (Phi) is 7.04. The quantitative estimate of drug-likeness (QED) is 0.655. The van der Waals surface area contributed by atoms with E-state index in [0.717, 1.165) is 13.1 Å². The summed E-state index contributed by atoms with van der Waals surface area (Å²) in [4.78, 5) is 2.51. The topological polar surface area (TPSA) is 33.7 Å². The van der Waals surface area contributed by atoms with E-state index >= 15 is 0 Å². The lowest BCUT2D eigenvalue weighted by atomic mass is 10.2. The minimum Gasteiger partial charge on any atom is -0.352 e. The summed E-state index contributed by atoms with van der Waals surface area (Å²) in [6, 6.07) is 1.23. The summed E-state index contributed by atoms with van der Waals surface area (Å²) in [6.45, 7) is 13.1. The molecule has 0 aliphatic carbocycles. The van der Waals surface area contributed by atoms with Crippen LogP contribution in [0.25, 0.3) is 0 Å². The largest absolute Gasteiger partial charge is 0.352 e. The molecule has 0 aromatic carbocycles. The van der Waals surface area contributed by atoms with Gasteiger partial charge in [0.2, 0.25) is 0 Å². The lowest BCUT2D eigenvalue weighted by Crippen LogP contribution is -2.40. The average Bonchev–Trinajstić information content (AvgIpc) is 2.75. The van der Waals surface area contributed by atoms with Gasteiger partial charge in [0.15, 0.2) is 6.29 Å². The molecule has 1 fully saturated rings. The van der Waals surface area contributed by atoms with Crippen LogP contribution in [0, 0.1) is 0 Å². The van der Waals surface area contributed by atoms with Gasteiger partial charge in [-0.25, -0.2) is 0 Å². The molecule has 1 N–H and O–H groups in total. The van der Waals surface area contributed by atoms with Crippen LogP contribution in [0.4, 0.5) is 0 Å². The van der Waals surface area contributed by atoms with Crippen molar-refractivity contribution in [3.05, 3.63) is 0 Å². The van der Waals surface area contributed by atoms with E-state index in [0.29, 0.717) is 25.3 Å². The highest BCUT2D eigenvalue weighted by Gasteiger charge is 2.24. The first-order valence-corrected chi connectivity index (χ1v) is 6.88. The Balaban J connectivity index is 2.21. The first-order valence-electron chi connectivity index (χ1n) is 6.88. The van der Waals surface area contributed by atoms with Crippen LogP contribution in [0.2, 0.25) is 0 Å². The second-order valence-corrected chi connectivity index (χ2v) is 4.82. The summed E-state index contributed by atoms with van der Waals surface area (Å²) in [5, 5.41) is 3.54. The van der Waals surface area contributed by atoms with E-state index in [1.165, 1.54) is 13.0 Å². The molecule has 1 aliphatic rings. The van der Waals surface area contributed by atoms with E-state index in [2.05, 4.69) is 24.1 Å². The van der Waals surface area contributed by atoms with Crippen molar-refractivity contribution in [2.24, 2.45) is 0 Å². The number of rotatable bonds is 8. The SMILES string of the molecule is CCOC(CNC1CCN(C(C)C)C1)OCC. The van der Waals surface area contributed by atoms with Crippen molar-refractivity contribution in [1.29, 1.82) is 0 Å². The molecule has 102 valence electrons. The van der Waals surface area contributed by atoms with E-state index in [-0.39, 0.29) is 6.29 Å². The molecule has 0 spiro atoms. The summed E-state index contributed by atoms with van der Waals surface area (Å²) in [6.07, 6.45) is 1.13. The minimum absolute atomic E-state index is 0.0990.